The van der Waals surface area contributed by atoms with Crippen molar-refractivity contribution in [2.45, 2.75) is 24.3 Å². The number of benzene rings is 1. The van der Waals surface area contributed by atoms with E-state index in [0.717, 1.165) is 24.1 Å². The minimum absolute atomic E-state index is 0.0204. The molecule has 0 radical (unpaired) electrons. The molecule has 0 saturated carbocycles. The van der Waals surface area contributed by atoms with Crippen LogP contribution >= 0.6 is 0 Å². The quantitative estimate of drug-likeness (QED) is 0.669. The van der Waals surface area contributed by atoms with Crippen LogP contribution in [0.5, 0.6) is 5.75 Å². The predicted octanol–water partition coefficient (Wildman–Crippen LogP) is 2.37. The summed E-state index contributed by atoms with van der Waals surface area (Å²) >= 11 is 0. The first kappa shape index (κ1) is 18.8. The van der Waals surface area contributed by atoms with Crippen molar-refractivity contribution in [3.63, 3.8) is 0 Å². The van der Waals surface area contributed by atoms with Crippen molar-refractivity contribution < 1.29 is 17.9 Å². The number of aromatic nitrogens is 2. The maximum Gasteiger partial charge on any atom is 0.270 e. The Morgan fingerprint density at radius 2 is 2.10 bits per heavy atom. The highest BCUT2D eigenvalue weighted by Crippen LogP contribution is 2.37. The van der Waals surface area contributed by atoms with Gasteiger partial charge >= 0.3 is 0 Å². The van der Waals surface area contributed by atoms with Gasteiger partial charge in [-0.3, -0.25) is 9.78 Å². The van der Waals surface area contributed by atoms with Gasteiger partial charge in [-0.2, -0.15) is 0 Å². The second-order valence-corrected chi connectivity index (χ2v) is 9.21. The standard InChI is InChI=1S/C21H20N4O4S/c1-13-10-14(7-9-22-13)15-11-25(16-4-3-8-23-20(15)16)30(27,28)18-6-2-5-17-21(18)24-19(26)12-29-17/h2-8,11,13,22H,9-10,12H2,1H3,(H,24,26). The molecule has 4 heterocycles. The van der Waals surface area contributed by atoms with Gasteiger partial charge in [-0.15, -0.1) is 0 Å². The van der Waals surface area contributed by atoms with Crippen molar-refractivity contribution in [2.24, 2.45) is 0 Å². The van der Waals surface area contributed by atoms with Gasteiger partial charge in [0.1, 0.15) is 16.3 Å². The molecule has 0 aliphatic carbocycles. The Balaban J connectivity index is 1.71. The van der Waals surface area contributed by atoms with Gasteiger partial charge in [0.2, 0.25) is 0 Å². The van der Waals surface area contributed by atoms with Crippen molar-refractivity contribution in [1.82, 2.24) is 14.3 Å². The van der Waals surface area contributed by atoms with Crippen LogP contribution in [0.1, 0.15) is 18.9 Å². The van der Waals surface area contributed by atoms with Gasteiger partial charge in [-0.25, -0.2) is 12.4 Å². The number of rotatable bonds is 3. The molecule has 30 heavy (non-hydrogen) atoms. The summed E-state index contributed by atoms with van der Waals surface area (Å²) in [4.78, 5) is 16.3. The highest BCUT2D eigenvalue weighted by Gasteiger charge is 2.30. The van der Waals surface area contributed by atoms with E-state index in [-0.39, 0.29) is 23.2 Å². The van der Waals surface area contributed by atoms with E-state index in [1.54, 1.807) is 36.7 Å². The van der Waals surface area contributed by atoms with Crippen molar-refractivity contribution >= 4 is 38.2 Å². The lowest BCUT2D eigenvalue weighted by atomic mass is 9.97. The zero-order chi connectivity index (χ0) is 20.9. The minimum atomic E-state index is -4.02. The molecule has 8 nitrogen and oxygen atoms in total. The number of ether oxygens (including phenoxy) is 1. The lowest BCUT2D eigenvalue weighted by molar-refractivity contribution is -0.118. The summed E-state index contributed by atoms with van der Waals surface area (Å²) < 4.78 is 34.0. The van der Waals surface area contributed by atoms with Crippen LogP contribution in [0, 0.1) is 0 Å². The molecule has 1 aromatic carbocycles. The van der Waals surface area contributed by atoms with Gasteiger partial charge in [0.15, 0.2) is 6.61 Å². The number of carbonyl (C=O) groups is 1. The first-order valence-electron chi connectivity index (χ1n) is 9.65. The molecule has 0 saturated heterocycles. The van der Waals surface area contributed by atoms with Crippen molar-refractivity contribution in [3.05, 3.63) is 54.4 Å². The van der Waals surface area contributed by atoms with Crippen LogP contribution in [0.25, 0.3) is 16.6 Å². The number of para-hydroxylation sites is 1. The molecule has 9 heteroatoms. The molecule has 3 aromatic rings. The first-order chi connectivity index (χ1) is 14.4. The molecular formula is C21H20N4O4S. The van der Waals surface area contributed by atoms with Crippen LogP contribution in [0.15, 0.2) is 53.7 Å². The zero-order valence-corrected chi connectivity index (χ0v) is 17.1. The number of anilines is 1. The molecule has 0 bridgehead atoms. The summed E-state index contributed by atoms with van der Waals surface area (Å²) in [5, 5.41) is 5.99. The number of fused-ring (bicyclic) bond motifs is 2. The maximum absolute atomic E-state index is 13.7. The van der Waals surface area contributed by atoms with E-state index in [1.165, 1.54) is 10.0 Å². The van der Waals surface area contributed by atoms with Gasteiger partial charge in [0.05, 0.1) is 11.0 Å². The summed E-state index contributed by atoms with van der Waals surface area (Å²) in [7, 11) is -4.02. The topological polar surface area (TPSA) is 102 Å². The minimum Gasteiger partial charge on any atom is -0.482 e. The Kier molecular flexibility index (Phi) is 4.37. The van der Waals surface area contributed by atoms with Crippen LogP contribution < -0.4 is 15.4 Å². The molecule has 2 N–H and O–H groups in total. The Morgan fingerprint density at radius 1 is 1.23 bits per heavy atom. The summed E-state index contributed by atoms with van der Waals surface area (Å²) in [5.74, 6) is -0.0564. The van der Waals surface area contributed by atoms with Gasteiger partial charge in [-0.1, -0.05) is 12.1 Å². The number of amides is 1. The number of hydrogen-bond donors (Lipinski definition) is 2. The Bertz CT molecular complexity index is 1310. The van der Waals surface area contributed by atoms with E-state index in [1.807, 2.05) is 0 Å². The number of nitrogens with zero attached hydrogens (tertiary/aromatic N) is 2. The fraction of sp³-hybridized carbons (Fsp3) is 0.238. The third-order valence-electron chi connectivity index (χ3n) is 5.36. The fourth-order valence-electron chi connectivity index (χ4n) is 3.95. The molecule has 0 fully saturated rings. The second-order valence-electron chi connectivity index (χ2n) is 7.42. The third kappa shape index (κ3) is 2.98. The zero-order valence-electron chi connectivity index (χ0n) is 16.3. The molecule has 2 aliphatic rings. The van der Waals surface area contributed by atoms with Gasteiger partial charge in [0.25, 0.3) is 15.9 Å². The van der Waals surface area contributed by atoms with E-state index in [2.05, 4.69) is 28.6 Å². The van der Waals surface area contributed by atoms with Crippen LogP contribution in [0.2, 0.25) is 0 Å². The van der Waals surface area contributed by atoms with Gasteiger partial charge in [0, 0.05) is 30.5 Å². The molecule has 1 unspecified atom stereocenters. The van der Waals surface area contributed by atoms with Crippen LogP contribution in [0.3, 0.4) is 0 Å². The smallest absolute Gasteiger partial charge is 0.270 e. The van der Waals surface area contributed by atoms with Gasteiger partial charge < -0.3 is 15.4 Å². The van der Waals surface area contributed by atoms with E-state index in [4.69, 9.17) is 4.74 Å². The van der Waals surface area contributed by atoms with Crippen LogP contribution in [-0.4, -0.2) is 42.5 Å². The molecule has 1 amide bonds. The van der Waals surface area contributed by atoms with E-state index >= 15 is 0 Å². The van der Waals surface area contributed by atoms with E-state index < -0.39 is 15.9 Å². The fourth-order valence-corrected chi connectivity index (χ4v) is 5.47. The van der Waals surface area contributed by atoms with Gasteiger partial charge in [-0.05, 0) is 43.2 Å². The van der Waals surface area contributed by atoms with Crippen molar-refractivity contribution in [3.8, 4) is 5.75 Å². The molecule has 0 spiro atoms. The number of nitrogens with one attached hydrogen (secondary N) is 2. The number of hydrogen-bond acceptors (Lipinski definition) is 6. The Morgan fingerprint density at radius 3 is 2.93 bits per heavy atom. The average Bonchev–Trinajstić information content (AvgIpc) is 3.14. The largest absolute Gasteiger partial charge is 0.482 e. The maximum atomic E-state index is 13.7. The van der Waals surface area contributed by atoms with Crippen LogP contribution in [0.4, 0.5) is 5.69 Å². The normalized spacial score (nSPS) is 19.0. The molecule has 5 rings (SSSR count). The molecule has 1 atom stereocenters. The highest BCUT2D eigenvalue weighted by molar-refractivity contribution is 7.90. The number of pyridine rings is 1. The Hall–Kier alpha value is -3.17. The third-order valence-corrected chi connectivity index (χ3v) is 7.08. The summed E-state index contributed by atoms with van der Waals surface area (Å²) in [6, 6.07) is 8.44. The SMILES string of the molecule is CC1CC(c2cn(S(=O)(=O)c3cccc4c3NC(=O)CO4)c3cccnc23)=CCN1. The second kappa shape index (κ2) is 6.96. The molecule has 2 aromatic heterocycles. The lowest BCUT2D eigenvalue weighted by Gasteiger charge is -2.21. The molecular weight excluding hydrogens is 404 g/mol. The Labute approximate surface area is 173 Å². The average molecular weight is 424 g/mol. The predicted molar refractivity (Wildman–Crippen MR) is 113 cm³/mol. The summed E-state index contributed by atoms with van der Waals surface area (Å²) in [6.45, 7) is 2.67. The molecule has 2 aliphatic heterocycles. The van der Waals surface area contributed by atoms with Crippen LogP contribution in [-0.2, 0) is 14.8 Å². The van der Waals surface area contributed by atoms with E-state index in [9.17, 15) is 13.2 Å². The first-order valence-corrected chi connectivity index (χ1v) is 11.1. The summed E-state index contributed by atoms with van der Waals surface area (Å²) in [5.41, 5.74) is 3.14. The highest BCUT2D eigenvalue weighted by atomic mass is 32.2. The van der Waals surface area contributed by atoms with Crippen molar-refractivity contribution in [1.29, 1.82) is 0 Å². The summed E-state index contributed by atoms with van der Waals surface area (Å²) in [6.07, 6.45) is 6.13. The molecule has 154 valence electrons. The van der Waals surface area contributed by atoms with Crippen molar-refractivity contribution in [2.75, 3.05) is 18.5 Å². The number of carbonyl (C=O) groups excluding carboxylic acids is 1. The van der Waals surface area contributed by atoms with E-state index in [0.29, 0.717) is 16.8 Å². The monoisotopic (exact) mass is 424 g/mol. The lowest BCUT2D eigenvalue weighted by Crippen LogP contribution is -2.29.